The minimum atomic E-state index is -0.547. The van der Waals surface area contributed by atoms with Crippen molar-refractivity contribution in [2.45, 2.75) is 0 Å². The van der Waals surface area contributed by atoms with Crippen LogP contribution in [0.25, 0.3) is 0 Å². The third kappa shape index (κ3) is 5.58. The Morgan fingerprint density at radius 3 is 2.22 bits per heavy atom. The van der Waals surface area contributed by atoms with E-state index in [4.69, 9.17) is 9.47 Å². The van der Waals surface area contributed by atoms with E-state index in [-0.39, 0.29) is 6.61 Å². The number of hydrazine groups is 1. The fourth-order valence-electron chi connectivity index (χ4n) is 1.67. The summed E-state index contributed by atoms with van der Waals surface area (Å²) in [5.41, 5.74) is 5.10. The van der Waals surface area contributed by atoms with Crippen LogP contribution in [0, 0.1) is 0 Å². The van der Waals surface area contributed by atoms with Gasteiger partial charge in [-0.05, 0) is 36.4 Å². The van der Waals surface area contributed by atoms with E-state index in [9.17, 15) is 9.59 Å². The van der Waals surface area contributed by atoms with Crippen LogP contribution in [0.4, 0.5) is 10.5 Å². The number of ether oxygens (including phenoxy) is 2. The van der Waals surface area contributed by atoms with E-state index >= 15 is 0 Å². The van der Waals surface area contributed by atoms with Crippen LogP contribution in [0.5, 0.6) is 11.5 Å². The van der Waals surface area contributed by atoms with Crippen LogP contribution in [-0.4, -0.2) is 25.7 Å². The molecule has 0 aliphatic heterocycles. The van der Waals surface area contributed by atoms with Crippen LogP contribution in [0.3, 0.4) is 0 Å². The Morgan fingerprint density at radius 1 is 0.913 bits per heavy atom. The summed E-state index contributed by atoms with van der Waals surface area (Å²) in [6, 6.07) is 15.1. The Hall–Kier alpha value is -3.22. The number of urea groups is 1. The largest absolute Gasteiger partial charge is 0.497 e. The highest BCUT2D eigenvalue weighted by molar-refractivity contribution is 5.91. The second kappa shape index (κ2) is 8.28. The van der Waals surface area contributed by atoms with Gasteiger partial charge in [0.05, 0.1) is 7.11 Å². The molecule has 0 fully saturated rings. The zero-order chi connectivity index (χ0) is 16.5. The number of nitrogens with one attached hydrogen (secondary N) is 3. The number of hydrogen-bond acceptors (Lipinski definition) is 4. The molecule has 0 unspecified atom stereocenters. The van der Waals surface area contributed by atoms with Crippen LogP contribution < -0.4 is 25.6 Å². The highest BCUT2D eigenvalue weighted by Gasteiger charge is 2.05. The van der Waals surface area contributed by atoms with Crippen LogP contribution >= 0.6 is 0 Å². The summed E-state index contributed by atoms with van der Waals surface area (Å²) >= 11 is 0. The molecule has 3 amide bonds. The molecule has 0 heterocycles. The molecule has 7 nitrogen and oxygen atoms in total. The number of rotatable bonds is 5. The van der Waals surface area contributed by atoms with Gasteiger partial charge in [-0.2, -0.15) is 0 Å². The lowest BCUT2D eigenvalue weighted by atomic mass is 10.3. The number of para-hydroxylation sites is 1. The van der Waals surface area contributed by atoms with E-state index < -0.39 is 11.9 Å². The molecule has 2 aromatic carbocycles. The van der Waals surface area contributed by atoms with E-state index in [1.807, 2.05) is 6.07 Å². The molecule has 0 saturated heterocycles. The number of anilines is 1. The summed E-state index contributed by atoms with van der Waals surface area (Å²) in [5, 5.41) is 2.56. The monoisotopic (exact) mass is 315 g/mol. The normalized spacial score (nSPS) is 9.61. The number of benzene rings is 2. The summed E-state index contributed by atoms with van der Waals surface area (Å²) in [7, 11) is 1.56. The first-order chi connectivity index (χ1) is 11.2. The maximum atomic E-state index is 11.6. The molecule has 0 aromatic heterocycles. The zero-order valence-corrected chi connectivity index (χ0v) is 12.5. The number of carbonyl (C=O) groups is 2. The molecule has 3 N–H and O–H groups in total. The van der Waals surface area contributed by atoms with E-state index in [2.05, 4.69) is 16.2 Å². The molecule has 0 radical (unpaired) electrons. The first kappa shape index (κ1) is 16.2. The van der Waals surface area contributed by atoms with E-state index in [0.29, 0.717) is 17.2 Å². The van der Waals surface area contributed by atoms with Gasteiger partial charge in [-0.1, -0.05) is 18.2 Å². The summed E-state index contributed by atoms with van der Waals surface area (Å²) in [6.07, 6.45) is 0. The molecule has 0 bridgehead atoms. The van der Waals surface area contributed by atoms with Crippen molar-refractivity contribution in [3.8, 4) is 11.5 Å². The summed E-state index contributed by atoms with van der Waals surface area (Å²) in [6.45, 7) is -0.224. The fraction of sp³-hybridized carbons (Fsp3) is 0.125. The highest BCUT2D eigenvalue weighted by atomic mass is 16.5. The van der Waals surface area contributed by atoms with Gasteiger partial charge in [0.25, 0.3) is 5.91 Å². The third-order valence-corrected chi connectivity index (χ3v) is 2.78. The first-order valence-corrected chi connectivity index (χ1v) is 6.85. The lowest BCUT2D eigenvalue weighted by Crippen LogP contribution is -2.45. The number of methoxy groups -OCH3 is 1. The van der Waals surface area contributed by atoms with Gasteiger partial charge >= 0.3 is 6.03 Å². The quantitative estimate of drug-likeness (QED) is 0.736. The van der Waals surface area contributed by atoms with Crippen LogP contribution in [0.2, 0.25) is 0 Å². The van der Waals surface area contributed by atoms with E-state index in [0.717, 1.165) is 0 Å². The van der Waals surface area contributed by atoms with E-state index in [1.165, 1.54) is 0 Å². The van der Waals surface area contributed by atoms with Crippen LogP contribution in [0.15, 0.2) is 54.6 Å². The van der Waals surface area contributed by atoms with Gasteiger partial charge in [0.15, 0.2) is 6.61 Å². The highest BCUT2D eigenvalue weighted by Crippen LogP contribution is 2.16. The Balaban J connectivity index is 1.69. The smallest absolute Gasteiger partial charge is 0.337 e. The molecular formula is C16H17N3O4. The van der Waals surface area contributed by atoms with Crippen molar-refractivity contribution in [3.63, 3.8) is 0 Å². The molecule has 0 aliphatic rings. The Labute approximate surface area is 133 Å². The van der Waals surface area contributed by atoms with Crippen molar-refractivity contribution < 1.29 is 19.1 Å². The van der Waals surface area contributed by atoms with Gasteiger partial charge in [0.2, 0.25) is 0 Å². The fourth-order valence-corrected chi connectivity index (χ4v) is 1.67. The Morgan fingerprint density at radius 2 is 1.57 bits per heavy atom. The van der Waals surface area contributed by atoms with Gasteiger partial charge in [0.1, 0.15) is 11.5 Å². The van der Waals surface area contributed by atoms with Crippen molar-refractivity contribution in [2.75, 3.05) is 19.0 Å². The van der Waals surface area contributed by atoms with Gasteiger partial charge < -0.3 is 14.8 Å². The molecule has 2 aromatic rings. The topological polar surface area (TPSA) is 88.7 Å². The van der Waals surface area contributed by atoms with Crippen molar-refractivity contribution in [1.82, 2.24) is 10.9 Å². The summed E-state index contributed by atoms with van der Waals surface area (Å²) in [5.74, 6) is 0.736. The second-order valence-corrected chi connectivity index (χ2v) is 4.46. The third-order valence-electron chi connectivity index (χ3n) is 2.78. The van der Waals surface area contributed by atoms with Crippen molar-refractivity contribution in [3.05, 3.63) is 54.6 Å². The molecule has 2 rings (SSSR count). The predicted molar refractivity (Wildman–Crippen MR) is 85.2 cm³/mol. The molecule has 23 heavy (non-hydrogen) atoms. The number of hydrogen-bond donors (Lipinski definition) is 3. The van der Waals surface area contributed by atoms with Gasteiger partial charge in [0, 0.05) is 5.69 Å². The zero-order valence-electron chi connectivity index (χ0n) is 12.5. The van der Waals surface area contributed by atoms with Crippen LogP contribution in [0.1, 0.15) is 0 Å². The average molecular weight is 315 g/mol. The Bertz CT molecular complexity index is 644. The number of amides is 3. The summed E-state index contributed by atoms with van der Waals surface area (Å²) < 4.78 is 10.3. The van der Waals surface area contributed by atoms with E-state index in [1.54, 1.807) is 55.6 Å². The predicted octanol–water partition coefficient (Wildman–Crippen LogP) is 1.93. The first-order valence-electron chi connectivity index (χ1n) is 6.85. The lowest BCUT2D eigenvalue weighted by Gasteiger charge is -2.10. The van der Waals surface area contributed by atoms with Crippen molar-refractivity contribution in [2.24, 2.45) is 0 Å². The molecule has 0 spiro atoms. The molecule has 0 saturated carbocycles. The molecule has 0 aliphatic carbocycles. The lowest BCUT2D eigenvalue weighted by molar-refractivity contribution is -0.123. The van der Waals surface area contributed by atoms with Crippen molar-refractivity contribution in [1.29, 1.82) is 0 Å². The minimum absolute atomic E-state index is 0.224. The average Bonchev–Trinajstić information content (AvgIpc) is 2.59. The maximum Gasteiger partial charge on any atom is 0.337 e. The van der Waals surface area contributed by atoms with Crippen LogP contribution in [-0.2, 0) is 4.79 Å². The van der Waals surface area contributed by atoms with Crippen molar-refractivity contribution >= 4 is 17.6 Å². The molecule has 0 atom stereocenters. The summed E-state index contributed by atoms with van der Waals surface area (Å²) in [4.78, 5) is 23.2. The Kier molecular flexibility index (Phi) is 5.81. The molecule has 120 valence electrons. The van der Waals surface area contributed by atoms with Gasteiger partial charge in [-0.3, -0.25) is 10.2 Å². The standard InChI is InChI=1S/C16H17N3O4/c1-22-13-7-9-14(10-8-13)23-11-15(20)18-19-16(21)17-12-5-3-2-4-6-12/h2-10H,11H2,1H3,(H,18,20)(H2,17,19,21). The SMILES string of the molecule is COc1ccc(OCC(=O)NNC(=O)Nc2ccccc2)cc1. The molecular weight excluding hydrogens is 298 g/mol. The maximum absolute atomic E-state index is 11.6. The van der Waals surface area contributed by atoms with Gasteiger partial charge in [-0.15, -0.1) is 0 Å². The van der Waals surface area contributed by atoms with Gasteiger partial charge in [-0.25, -0.2) is 10.2 Å². The minimum Gasteiger partial charge on any atom is -0.497 e. The number of carbonyl (C=O) groups excluding carboxylic acids is 2. The second-order valence-electron chi connectivity index (χ2n) is 4.46. The molecule has 7 heteroatoms.